The quantitative estimate of drug-likeness (QED) is 0.918. The maximum atomic E-state index is 4.57. The Hall–Kier alpha value is -2.30. The average molecular weight is 269 g/mol. The van der Waals surface area contributed by atoms with Crippen LogP contribution in [-0.2, 0) is 13.6 Å². The summed E-state index contributed by atoms with van der Waals surface area (Å²) in [6.45, 7) is 2.60. The summed E-state index contributed by atoms with van der Waals surface area (Å²) in [5.41, 5.74) is 3.36. The van der Waals surface area contributed by atoms with E-state index in [4.69, 9.17) is 0 Å². The van der Waals surface area contributed by atoms with Crippen molar-refractivity contribution in [2.24, 2.45) is 12.0 Å². The third kappa shape index (κ3) is 2.52. The number of aryl methyl sites for hydroxylation is 1. The van der Waals surface area contributed by atoms with Gasteiger partial charge in [0.25, 0.3) is 0 Å². The van der Waals surface area contributed by atoms with Gasteiger partial charge in [0.05, 0.1) is 12.2 Å². The topological polar surface area (TPSA) is 45.5 Å². The Morgan fingerprint density at radius 2 is 2.00 bits per heavy atom. The highest BCUT2D eigenvalue weighted by Gasteiger charge is 2.14. The van der Waals surface area contributed by atoms with Crippen molar-refractivity contribution in [1.82, 2.24) is 20.0 Å². The number of benzene rings is 1. The van der Waals surface area contributed by atoms with Crippen molar-refractivity contribution in [3.8, 4) is 11.3 Å². The van der Waals surface area contributed by atoms with Crippen molar-refractivity contribution in [3.05, 3.63) is 42.1 Å². The van der Waals surface area contributed by atoms with Gasteiger partial charge in [0, 0.05) is 44.5 Å². The first kappa shape index (κ1) is 12.7. The zero-order valence-corrected chi connectivity index (χ0v) is 11.9. The normalized spacial score (nSPS) is 14.5. The SMILES string of the molecule is CN1CCN=C1NCc1cn(C)nc1-c1ccccc1. The van der Waals surface area contributed by atoms with Crippen molar-refractivity contribution >= 4 is 5.96 Å². The van der Waals surface area contributed by atoms with Crippen LogP contribution in [-0.4, -0.2) is 40.8 Å². The van der Waals surface area contributed by atoms with Crippen LogP contribution in [0.4, 0.5) is 0 Å². The molecule has 2 aromatic rings. The van der Waals surface area contributed by atoms with Gasteiger partial charge in [-0.2, -0.15) is 5.10 Å². The van der Waals surface area contributed by atoms with Gasteiger partial charge in [-0.05, 0) is 0 Å². The van der Waals surface area contributed by atoms with Crippen LogP contribution in [0.3, 0.4) is 0 Å². The first-order valence-electron chi connectivity index (χ1n) is 6.81. The van der Waals surface area contributed by atoms with E-state index in [2.05, 4.69) is 45.7 Å². The summed E-state index contributed by atoms with van der Waals surface area (Å²) in [6, 6.07) is 10.3. The second-order valence-electron chi connectivity index (χ2n) is 5.02. The Balaban J connectivity index is 1.80. The maximum Gasteiger partial charge on any atom is 0.194 e. The molecular formula is C15H19N5. The van der Waals surface area contributed by atoms with Crippen molar-refractivity contribution in [3.63, 3.8) is 0 Å². The number of aromatic nitrogens is 2. The minimum atomic E-state index is 0.737. The van der Waals surface area contributed by atoms with Crippen LogP contribution < -0.4 is 5.32 Å². The molecule has 0 amide bonds. The highest BCUT2D eigenvalue weighted by Crippen LogP contribution is 2.21. The molecule has 104 valence electrons. The molecule has 0 bridgehead atoms. The summed E-state index contributed by atoms with van der Waals surface area (Å²) in [5, 5.41) is 7.96. The molecule has 5 heteroatoms. The first-order chi connectivity index (χ1) is 9.74. The van der Waals surface area contributed by atoms with E-state index in [1.165, 1.54) is 5.56 Å². The van der Waals surface area contributed by atoms with Gasteiger partial charge < -0.3 is 10.2 Å². The van der Waals surface area contributed by atoms with Crippen LogP contribution in [0.2, 0.25) is 0 Å². The van der Waals surface area contributed by atoms with Crippen LogP contribution >= 0.6 is 0 Å². The number of nitrogens with zero attached hydrogens (tertiary/aromatic N) is 4. The molecule has 1 aliphatic heterocycles. The van der Waals surface area contributed by atoms with Gasteiger partial charge in [-0.1, -0.05) is 30.3 Å². The predicted molar refractivity (Wildman–Crippen MR) is 80.4 cm³/mol. The lowest BCUT2D eigenvalue weighted by molar-refractivity contribution is 0.534. The van der Waals surface area contributed by atoms with Gasteiger partial charge in [0.15, 0.2) is 5.96 Å². The highest BCUT2D eigenvalue weighted by molar-refractivity contribution is 5.81. The summed E-state index contributed by atoms with van der Waals surface area (Å²) in [5.74, 6) is 0.966. The van der Waals surface area contributed by atoms with Crippen LogP contribution in [0.1, 0.15) is 5.56 Å². The van der Waals surface area contributed by atoms with Crippen molar-refractivity contribution in [1.29, 1.82) is 0 Å². The van der Waals surface area contributed by atoms with E-state index in [0.29, 0.717) is 0 Å². The van der Waals surface area contributed by atoms with Gasteiger partial charge in [0.1, 0.15) is 0 Å². The van der Waals surface area contributed by atoms with E-state index < -0.39 is 0 Å². The molecule has 0 atom stereocenters. The summed E-state index contributed by atoms with van der Waals surface area (Å²) in [4.78, 5) is 6.58. The van der Waals surface area contributed by atoms with E-state index in [1.54, 1.807) is 0 Å². The van der Waals surface area contributed by atoms with E-state index in [9.17, 15) is 0 Å². The highest BCUT2D eigenvalue weighted by atomic mass is 15.3. The largest absolute Gasteiger partial charge is 0.352 e. The van der Waals surface area contributed by atoms with Gasteiger partial charge >= 0.3 is 0 Å². The minimum absolute atomic E-state index is 0.737. The summed E-state index contributed by atoms with van der Waals surface area (Å²) >= 11 is 0. The summed E-state index contributed by atoms with van der Waals surface area (Å²) in [6.07, 6.45) is 2.06. The standard InChI is InChI=1S/C15H19N5/c1-19-9-8-16-15(19)17-10-13-11-20(2)18-14(13)12-6-4-3-5-7-12/h3-7,11H,8-10H2,1-2H3,(H,16,17). The molecule has 1 N–H and O–H groups in total. The Kier molecular flexibility index (Phi) is 3.41. The van der Waals surface area contributed by atoms with E-state index in [1.807, 2.05) is 29.9 Å². The molecule has 0 aliphatic carbocycles. The first-order valence-corrected chi connectivity index (χ1v) is 6.81. The van der Waals surface area contributed by atoms with Crippen molar-refractivity contribution < 1.29 is 0 Å². The predicted octanol–water partition coefficient (Wildman–Crippen LogP) is 1.48. The molecular weight excluding hydrogens is 250 g/mol. The van der Waals surface area contributed by atoms with Crippen LogP contribution in [0.25, 0.3) is 11.3 Å². The third-order valence-corrected chi connectivity index (χ3v) is 3.45. The smallest absolute Gasteiger partial charge is 0.194 e. The van der Waals surface area contributed by atoms with E-state index in [-0.39, 0.29) is 0 Å². The van der Waals surface area contributed by atoms with Crippen LogP contribution in [0.15, 0.2) is 41.5 Å². The van der Waals surface area contributed by atoms with Crippen molar-refractivity contribution in [2.75, 3.05) is 20.1 Å². The molecule has 0 radical (unpaired) electrons. The zero-order chi connectivity index (χ0) is 13.9. The lowest BCUT2D eigenvalue weighted by atomic mass is 10.1. The maximum absolute atomic E-state index is 4.57. The number of hydrogen-bond donors (Lipinski definition) is 1. The molecule has 0 saturated heterocycles. The average Bonchev–Trinajstić information content (AvgIpc) is 3.03. The van der Waals surface area contributed by atoms with Gasteiger partial charge in [-0.3, -0.25) is 9.67 Å². The Morgan fingerprint density at radius 1 is 1.20 bits per heavy atom. The monoisotopic (exact) mass is 269 g/mol. The number of rotatable bonds is 3. The second-order valence-corrected chi connectivity index (χ2v) is 5.02. The molecule has 1 aromatic carbocycles. The lowest BCUT2D eigenvalue weighted by Crippen LogP contribution is -2.35. The van der Waals surface area contributed by atoms with Crippen LogP contribution in [0, 0.1) is 0 Å². The number of likely N-dealkylation sites (N-methyl/N-ethyl adjacent to an activating group) is 1. The van der Waals surface area contributed by atoms with Crippen molar-refractivity contribution in [2.45, 2.75) is 6.54 Å². The van der Waals surface area contributed by atoms with Gasteiger partial charge in [-0.15, -0.1) is 0 Å². The number of hydrogen-bond acceptors (Lipinski definition) is 4. The minimum Gasteiger partial charge on any atom is -0.352 e. The molecule has 0 saturated carbocycles. The zero-order valence-electron chi connectivity index (χ0n) is 11.9. The molecule has 3 rings (SSSR count). The van der Waals surface area contributed by atoms with Gasteiger partial charge in [0.2, 0.25) is 0 Å². The fourth-order valence-corrected chi connectivity index (χ4v) is 2.40. The lowest BCUT2D eigenvalue weighted by Gasteiger charge is -2.15. The Labute approximate surface area is 118 Å². The fraction of sp³-hybridized carbons (Fsp3) is 0.333. The Morgan fingerprint density at radius 3 is 2.70 bits per heavy atom. The number of aliphatic imine (C=N–C) groups is 1. The summed E-state index contributed by atoms with van der Waals surface area (Å²) < 4.78 is 1.86. The molecule has 0 spiro atoms. The summed E-state index contributed by atoms with van der Waals surface area (Å²) in [7, 11) is 4.01. The molecule has 20 heavy (non-hydrogen) atoms. The molecule has 1 aliphatic rings. The molecule has 5 nitrogen and oxygen atoms in total. The fourth-order valence-electron chi connectivity index (χ4n) is 2.40. The molecule has 2 heterocycles. The van der Waals surface area contributed by atoms with Gasteiger partial charge in [-0.25, -0.2) is 0 Å². The van der Waals surface area contributed by atoms with Crippen LogP contribution in [0.5, 0.6) is 0 Å². The number of nitrogens with one attached hydrogen (secondary N) is 1. The second kappa shape index (κ2) is 5.36. The molecule has 0 fully saturated rings. The van der Waals surface area contributed by atoms with E-state index >= 15 is 0 Å². The molecule has 1 aromatic heterocycles. The van der Waals surface area contributed by atoms with E-state index in [0.717, 1.165) is 36.9 Å². The number of guanidine groups is 1. The third-order valence-electron chi connectivity index (χ3n) is 3.45. The molecule has 0 unspecified atom stereocenters. The Bertz CT molecular complexity index is 614.